The maximum atomic E-state index is 12.8. The number of likely N-dealkylation sites (tertiary alicyclic amines) is 1. The first-order chi connectivity index (χ1) is 14.6. The predicted molar refractivity (Wildman–Crippen MR) is 116 cm³/mol. The second-order valence-corrected chi connectivity index (χ2v) is 8.05. The molecule has 30 heavy (non-hydrogen) atoms. The van der Waals surface area contributed by atoms with E-state index in [1.165, 1.54) is 12.6 Å². The minimum atomic E-state index is -0.451. The number of carbonyl (C=O) groups is 2. The van der Waals surface area contributed by atoms with E-state index in [1.807, 2.05) is 35.3 Å². The first-order valence-electron chi connectivity index (χ1n) is 10.0. The van der Waals surface area contributed by atoms with Crippen LogP contribution in [0.2, 0.25) is 0 Å². The van der Waals surface area contributed by atoms with Gasteiger partial charge >= 0.3 is 0 Å². The third-order valence-corrected chi connectivity index (χ3v) is 6.01. The summed E-state index contributed by atoms with van der Waals surface area (Å²) in [5, 5.41) is 0.449. The molecule has 2 amide bonds. The average molecular weight is 419 g/mol. The number of hydrogen-bond acceptors (Lipinski definition) is 4. The molecule has 1 aliphatic carbocycles. The van der Waals surface area contributed by atoms with Gasteiger partial charge in [0.25, 0.3) is 11.8 Å². The van der Waals surface area contributed by atoms with Crippen molar-refractivity contribution in [2.24, 2.45) is 10.9 Å². The van der Waals surface area contributed by atoms with E-state index < -0.39 is 5.92 Å². The third kappa shape index (κ3) is 3.37. The smallest absolute Gasteiger partial charge is 0.257 e. The van der Waals surface area contributed by atoms with Crippen LogP contribution in [0.5, 0.6) is 0 Å². The number of amides is 2. The summed E-state index contributed by atoms with van der Waals surface area (Å²) in [5.74, 6) is -0.639. The summed E-state index contributed by atoms with van der Waals surface area (Å²) in [6.07, 6.45) is 11.8. The Morgan fingerprint density at radius 2 is 1.97 bits per heavy atom. The predicted octanol–water partition coefficient (Wildman–Crippen LogP) is 3.93. The normalized spacial score (nSPS) is 21.1. The monoisotopic (exact) mass is 418 g/mol. The Morgan fingerprint density at radius 3 is 2.80 bits per heavy atom. The van der Waals surface area contributed by atoms with E-state index in [4.69, 9.17) is 16.6 Å². The van der Waals surface area contributed by atoms with E-state index in [9.17, 15) is 9.59 Å². The number of aromatic nitrogens is 2. The summed E-state index contributed by atoms with van der Waals surface area (Å²) in [7, 11) is 0. The van der Waals surface area contributed by atoms with Gasteiger partial charge in [0.2, 0.25) is 0 Å². The molecule has 0 radical (unpaired) electrons. The average Bonchev–Trinajstić information content (AvgIpc) is 2.80. The molecule has 0 spiro atoms. The van der Waals surface area contributed by atoms with Gasteiger partial charge in [-0.1, -0.05) is 23.8 Å². The quantitative estimate of drug-likeness (QED) is 0.740. The standard InChI is InChI=1S/C23H19ClN4O2/c24-18-12-26-22(29)16-6-4-14(10-17(16)18)21-13-25-19-7-5-15(11-20(19)27-21)23(30)28-8-2-1-3-9-28/h4-7,10-13,16H,1-3,8-9H2. The number of nitrogens with zero attached hydrogens (tertiary/aromatic N) is 4. The van der Waals surface area contributed by atoms with Gasteiger partial charge in [0.15, 0.2) is 0 Å². The molecule has 3 heterocycles. The Morgan fingerprint density at radius 1 is 1.13 bits per heavy atom. The first-order valence-corrected chi connectivity index (χ1v) is 10.4. The van der Waals surface area contributed by atoms with Crippen molar-refractivity contribution >= 4 is 46.2 Å². The van der Waals surface area contributed by atoms with Crippen LogP contribution in [0.4, 0.5) is 0 Å². The second kappa shape index (κ2) is 7.61. The van der Waals surface area contributed by atoms with E-state index in [0.717, 1.165) is 37.0 Å². The molecule has 2 aromatic rings. The lowest BCUT2D eigenvalue weighted by atomic mass is 9.88. The summed E-state index contributed by atoms with van der Waals surface area (Å²) in [4.78, 5) is 39.8. The van der Waals surface area contributed by atoms with Crippen molar-refractivity contribution in [2.45, 2.75) is 19.3 Å². The van der Waals surface area contributed by atoms with Crippen LogP contribution in [0.3, 0.4) is 0 Å². The summed E-state index contributed by atoms with van der Waals surface area (Å²) in [6.45, 7) is 1.61. The van der Waals surface area contributed by atoms with Gasteiger partial charge in [0.1, 0.15) is 0 Å². The zero-order valence-electron chi connectivity index (χ0n) is 16.2. The van der Waals surface area contributed by atoms with Gasteiger partial charge in [-0.25, -0.2) is 9.98 Å². The lowest BCUT2D eigenvalue weighted by Gasteiger charge is -2.26. The minimum absolute atomic E-state index is 0.0420. The fourth-order valence-electron chi connectivity index (χ4n) is 4.04. The molecule has 1 atom stereocenters. The Labute approximate surface area is 178 Å². The second-order valence-electron chi connectivity index (χ2n) is 7.65. The van der Waals surface area contributed by atoms with Crippen LogP contribution in [0.15, 0.2) is 58.2 Å². The van der Waals surface area contributed by atoms with Crippen LogP contribution in [0, 0.1) is 5.92 Å². The van der Waals surface area contributed by atoms with E-state index in [2.05, 4.69) is 9.98 Å². The van der Waals surface area contributed by atoms with Crippen LogP contribution in [0.1, 0.15) is 35.3 Å². The van der Waals surface area contributed by atoms with E-state index in [-0.39, 0.29) is 11.8 Å². The number of piperidine rings is 1. The molecule has 5 rings (SSSR count). The SMILES string of the molecule is O=C1N=CC(Cl)=C2C=C(c3cnc4ccc(C(=O)N5CCCCC5)cc4n3)C=CC12. The highest BCUT2D eigenvalue weighted by Gasteiger charge is 2.27. The molecule has 1 saturated heterocycles. The number of carbonyl (C=O) groups excluding carboxylic acids is 2. The zero-order valence-corrected chi connectivity index (χ0v) is 17.0. The molecular formula is C23H19ClN4O2. The Balaban J connectivity index is 1.49. The van der Waals surface area contributed by atoms with Crippen LogP contribution in [-0.4, -0.2) is 46.0 Å². The molecule has 0 saturated carbocycles. The molecule has 3 aliphatic rings. The highest BCUT2D eigenvalue weighted by molar-refractivity contribution is 6.41. The van der Waals surface area contributed by atoms with Crippen molar-refractivity contribution in [1.82, 2.24) is 14.9 Å². The topological polar surface area (TPSA) is 75.5 Å². The van der Waals surface area contributed by atoms with Crippen molar-refractivity contribution in [3.63, 3.8) is 0 Å². The largest absolute Gasteiger partial charge is 0.339 e. The molecular weight excluding hydrogens is 400 g/mol. The maximum absolute atomic E-state index is 12.8. The Kier molecular flexibility index (Phi) is 4.79. The fraction of sp³-hybridized carbons (Fsp3) is 0.261. The molecule has 0 bridgehead atoms. The summed E-state index contributed by atoms with van der Waals surface area (Å²) in [5.41, 5.74) is 4.20. The number of benzene rings is 1. The van der Waals surface area contributed by atoms with Crippen molar-refractivity contribution in [3.05, 3.63) is 64.5 Å². The molecule has 1 aromatic carbocycles. The molecule has 1 unspecified atom stereocenters. The van der Waals surface area contributed by atoms with Gasteiger partial charge in [0, 0.05) is 30.4 Å². The molecule has 6 nitrogen and oxygen atoms in total. The number of fused-ring (bicyclic) bond motifs is 2. The Bertz CT molecular complexity index is 1190. The van der Waals surface area contributed by atoms with Gasteiger partial charge in [0.05, 0.1) is 33.9 Å². The molecule has 7 heteroatoms. The van der Waals surface area contributed by atoms with Gasteiger partial charge < -0.3 is 4.90 Å². The fourth-order valence-corrected chi connectivity index (χ4v) is 4.26. The number of hydrogen-bond donors (Lipinski definition) is 0. The van der Waals surface area contributed by atoms with Crippen LogP contribution < -0.4 is 0 Å². The number of halogens is 1. The number of aliphatic imine (C=N–C) groups is 1. The van der Waals surface area contributed by atoms with E-state index in [0.29, 0.717) is 27.4 Å². The zero-order chi connectivity index (χ0) is 20.7. The van der Waals surface area contributed by atoms with Gasteiger partial charge in [-0.2, -0.15) is 0 Å². The lowest BCUT2D eigenvalue weighted by molar-refractivity contribution is -0.119. The summed E-state index contributed by atoms with van der Waals surface area (Å²) in [6, 6.07) is 5.46. The van der Waals surface area contributed by atoms with Crippen molar-refractivity contribution < 1.29 is 9.59 Å². The van der Waals surface area contributed by atoms with Crippen molar-refractivity contribution in [3.8, 4) is 0 Å². The van der Waals surface area contributed by atoms with Crippen LogP contribution in [0.25, 0.3) is 16.6 Å². The van der Waals surface area contributed by atoms with Crippen molar-refractivity contribution in [2.75, 3.05) is 13.1 Å². The number of dihydropyridines is 1. The summed E-state index contributed by atoms with van der Waals surface area (Å²) < 4.78 is 0. The van der Waals surface area contributed by atoms with Gasteiger partial charge in [-0.05, 0) is 49.1 Å². The highest BCUT2D eigenvalue weighted by atomic mass is 35.5. The lowest BCUT2D eigenvalue weighted by Crippen LogP contribution is -2.35. The maximum Gasteiger partial charge on any atom is 0.257 e. The van der Waals surface area contributed by atoms with Crippen LogP contribution in [-0.2, 0) is 4.79 Å². The molecule has 2 aliphatic heterocycles. The third-order valence-electron chi connectivity index (χ3n) is 5.69. The van der Waals surface area contributed by atoms with Gasteiger partial charge in [-0.15, -0.1) is 0 Å². The van der Waals surface area contributed by atoms with Crippen LogP contribution >= 0.6 is 11.6 Å². The molecule has 150 valence electrons. The first kappa shape index (κ1) is 18.9. The molecule has 1 fully saturated rings. The summed E-state index contributed by atoms with van der Waals surface area (Å²) >= 11 is 6.25. The van der Waals surface area contributed by atoms with Crippen molar-refractivity contribution in [1.29, 1.82) is 0 Å². The number of rotatable bonds is 2. The molecule has 1 aromatic heterocycles. The van der Waals surface area contributed by atoms with E-state index >= 15 is 0 Å². The van der Waals surface area contributed by atoms with E-state index in [1.54, 1.807) is 12.3 Å². The minimum Gasteiger partial charge on any atom is -0.339 e. The Hall–Kier alpha value is -3.12. The molecule has 0 N–H and O–H groups in total. The van der Waals surface area contributed by atoms with Gasteiger partial charge in [-0.3, -0.25) is 14.6 Å². The number of allylic oxidation sites excluding steroid dienone is 4. The highest BCUT2D eigenvalue weighted by Crippen LogP contribution is 2.33.